The number of nitrogens with one attached hydrogen (secondary N) is 1. The topological polar surface area (TPSA) is 123 Å². The van der Waals surface area contributed by atoms with Gasteiger partial charge in [0.15, 0.2) is 17.3 Å². The van der Waals surface area contributed by atoms with Crippen LogP contribution < -0.4 is 10.1 Å². The van der Waals surface area contributed by atoms with Gasteiger partial charge in [0.2, 0.25) is 5.88 Å². The molecule has 0 radical (unpaired) electrons. The average molecular weight is 474 g/mol. The van der Waals surface area contributed by atoms with Crippen LogP contribution in [0.4, 0.5) is 5.82 Å². The lowest BCUT2D eigenvalue weighted by Crippen LogP contribution is -2.27. The third-order valence-electron chi connectivity index (χ3n) is 5.18. The van der Waals surface area contributed by atoms with Gasteiger partial charge in [-0.3, -0.25) is 4.79 Å². The van der Waals surface area contributed by atoms with Crippen LogP contribution in [0.2, 0.25) is 0 Å². The molecule has 4 rings (SSSR count). The molecule has 3 heterocycles. The first kappa shape index (κ1) is 23.9. The van der Waals surface area contributed by atoms with E-state index in [9.17, 15) is 4.79 Å². The van der Waals surface area contributed by atoms with Gasteiger partial charge in [0.1, 0.15) is 6.33 Å². The minimum atomic E-state index is -0.0807. The first-order valence-corrected chi connectivity index (χ1v) is 11.1. The highest BCUT2D eigenvalue weighted by atomic mass is 16.5. The number of nitrogens with zero attached hydrogens (tertiary/aromatic N) is 8. The highest BCUT2D eigenvalue weighted by molar-refractivity contribution is 5.94. The molecule has 0 unspecified atom stereocenters. The Morgan fingerprint density at radius 1 is 1.14 bits per heavy atom. The lowest BCUT2D eigenvalue weighted by Gasteiger charge is -2.10. The van der Waals surface area contributed by atoms with Crippen LogP contribution >= 0.6 is 0 Å². The Kier molecular flexibility index (Phi) is 7.68. The number of methoxy groups -OCH3 is 1. The second-order valence-corrected chi connectivity index (χ2v) is 8.04. The van der Waals surface area contributed by atoms with Crippen LogP contribution in [0.15, 0.2) is 65.2 Å². The largest absolute Gasteiger partial charge is 0.481 e. The minimum absolute atomic E-state index is 0.0807. The van der Waals surface area contributed by atoms with Gasteiger partial charge in [-0.15, -0.1) is 5.11 Å². The van der Waals surface area contributed by atoms with Gasteiger partial charge in [0.05, 0.1) is 25.2 Å². The summed E-state index contributed by atoms with van der Waals surface area (Å²) in [5, 5.41) is 16.5. The molecule has 0 aliphatic rings. The van der Waals surface area contributed by atoms with Crippen LogP contribution in [0.3, 0.4) is 0 Å². The Balaban J connectivity index is 1.40. The molecule has 0 atom stereocenters. The van der Waals surface area contributed by atoms with E-state index in [0.29, 0.717) is 47.2 Å². The average Bonchev–Trinajstić information content (AvgIpc) is 3.32. The second-order valence-electron chi connectivity index (χ2n) is 8.04. The first-order valence-electron chi connectivity index (χ1n) is 11.1. The Morgan fingerprint density at radius 2 is 1.97 bits per heavy atom. The van der Waals surface area contributed by atoms with Crippen molar-refractivity contribution < 1.29 is 9.53 Å². The summed E-state index contributed by atoms with van der Waals surface area (Å²) in [6.07, 6.45) is 3.96. The van der Waals surface area contributed by atoms with Crippen LogP contribution in [0.25, 0.3) is 16.9 Å². The number of rotatable bonds is 10. The van der Waals surface area contributed by atoms with Gasteiger partial charge < -0.3 is 15.0 Å². The van der Waals surface area contributed by atoms with Crippen LogP contribution in [-0.2, 0) is 6.54 Å². The standard InChI is InChI=1S/C24H27N9O2/c1-32(2)13-5-12-25-24(34)18-10-8-17(9-11-18)14-28-31-22-19-15-29-33(23(19)27-16-26-22)20-6-4-7-21(30-20)35-3/h4,6-11,15-16H,5,12-14H2,1-3H3,(H,25,34). The summed E-state index contributed by atoms with van der Waals surface area (Å²) in [7, 11) is 5.58. The molecule has 0 spiro atoms. The van der Waals surface area contributed by atoms with E-state index in [1.807, 2.05) is 38.4 Å². The van der Waals surface area contributed by atoms with Crippen molar-refractivity contribution in [3.05, 3.63) is 66.1 Å². The predicted octanol–water partition coefficient (Wildman–Crippen LogP) is 3.18. The number of azo groups is 1. The maximum atomic E-state index is 12.3. The molecule has 0 bridgehead atoms. The SMILES string of the molecule is COc1cccc(-n2ncc3c(N=NCc4ccc(C(=O)NCCCN(C)C)cc4)ncnc32)n1. The molecular weight excluding hydrogens is 446 g/mol. The second kappa shape index (κ2) is 11.3. The van der Waals surface area contributed by atoms with Gasteiger partial charge in [-0.1, -0.05) is 18.2 Å². The number of aromatic nitrogens is 5. The van der Waals surface area contributed by atoms with Crippen molar-refractivity contribution in [3.8, 4) is 11.7 Å². The Morgan fingerprint density at radius 3 is 2.74 bits per heavy atom. The summed E-state index contributed by atoms with van der Waals surface area (Å²) in [4.78, 5) is 27.3. The molecule has 1 aromatic carbocycles. The van der Waals surface area contributed by atoms with Gasteiger partial charge in [-0.2, -0.15) is 19.9 Å². The fourth-order valence-corrected chi connectivity index (χ4v) is 3.36. The Hall–Kier alpha value is -4.25. The summed E-state index contributed by atoms with van der Waals surface area (Å²) >= 11 is 0. The maximum Gasteiger partial charge on any atom is 0.251 e. The number of ether oxygens (including phenoxy) is 1. The van der Waals surface area contributed by atoms with E-state index in [1.54, 1.807) is 36.2 Å². The smallest absolute Gasteiger partial charge is 0.251 e. The number of carbonyl (C=O) groups is 1. The van der Waals surface area contributed by atoms with Crippen molar-refractivity contribution in [2.45, 2.75) is 13.0 Å². The fourth-order valence-electron chi connectivity index (χ4n) is 3.36. The number of hydrogen-bond donors (Lipinski definition) is 1. The predicted molar refractivity (Wildman–Crippen MR) is 131 cm³/mol. The molecule has 180 valence electrons. The summed E-state index contributed by atoms with van der Waals surface area (Å²) in [6, 6.07) is 12.7. The van der Waals surface area contributed by atoms with Gasteiger partial charge in [0, 0.05) is 18.2 Å². The molecule has 11 nitrogen and oxygen atoms in total. The molecule has 1 N–H and O–H groups in total. The van der Waals surface area contributed by atoms with Gasteiger partial charge in [-0.25, -0.2) is 9.97 Å². The van der Waals surface area contributed by atoms with Gasteiger partial charge >= 0.3 is 0 Å². The summed E-state index contributed by atoms with van der Waals surface area (Å²) in [5.74, 6) is 1.39. The maximum absolute atomic E-state index is 12.3. The van der Waals surface area contributed by atoms with Crippen molar-refractivity contribution in [2.75, 3.05) is 34.3 Å². The van der Waals surface area contributed by atoms with E-state index in [-0.39, 0.29) is 5.91 Å². The normalized spacial score (nSPS) is 11.4. The van der Waals surface area contributed by atoms with Crippen molar-refractivity contribution in [2.24, 2.45) is 10.2 Å². The van der Waals surface area contributed by atoms with Crippen LogP contribution in [0.5, 0.6) is 5.88 Å². The quantitative estimate of drug-likeness (QED) is 0.277. The van der Waals surface area contributed by atoms with Crippen LogP contribution in [0, 0.1) is 0 Å². The van der Waals surface area contributed by atoms with Crippen LogP contribution in [0.1, 0.15) is 22.3 Å². The molecule has 1 amide bonds. The first-order chi connectivity index (χ1) is 17.0. The lowest BCUT2D eigenvalue weighted by atomic mass is 10.1. The summed E-state index contributed by atoms with van der Waals surface area (Å²) in [6.45, 7) is 1.92. The molecule has 0 aliphatic carbocycles. The number of fused-ring (bicyclic) bond motifs is 1. The number of hydrogen-bond acceptors (Lipinski definition) is 9. The van der Waals surface area contributed by atoms with Crippen molar-refractivity contribution in [1.29, 1.82) is 0 Å². The summed E-state index contributed by atoms with van der Waals surface area (Å²) < 4.78 is 6.79. The minimum Gasteiger partial charge on any atom is -0.481 e. The zero-order valence-electron chi connectivity index (χ0n) is 19.9. The van der Waals surface area contributed by atoms with Crippen molar-refractivity contribution in [1.82, 2.24) is 34.9 Å². The molecule has 0 saturated heterocycles. The number of pyridine rings is 1. The number of benzene rings is 1. The Labute approximate surface area is 202 Å². The van der Waals surface area contributed by atoms with E-state index in [4.69, 9.17) is 4.74 Å². The van der Waals surface area contributed by atoms with Crippen LogP contribution in [-0.4, -0.2) is 69.8 Å². The third kappa shape index (κ3) is 6.01. The molecule has 3 aromatic heterocycles. The van der Waals surface area contributed by atoms with E-state index in [1.165, 1.54) is 6.33 Å². The van der Waals surface area contributed by atoms with Crippen molar-refractivity contribution in [3.63, 3.8) is 0 Å². The molecule has 0 saturated carbocycles. The van der Waals surface area contributed by atoms with E-state index in [2.05, 4.69) is 40.5 Å². The molecular formula is C24H27N9O2. The lowest BCUT2D eigenvalue weighted by molar-refractivity contribution is 0.0952. The third-order valence-corrected chi connectivity index (χ3v) is 5.18. The molecule has 4 aromatic rings. The zero-order valence-corrected chi connectivity index (χ0v) is 19.9. The highest BCUT2D eigenvalue weighted by Gasteiger charge is 2.12. The van der Waals surface area contributed by atoms with Crippen molar-refractivity contribution >= 4 is 22.8 Å². The molecule has 11 heteroatoms. The Bertz CT molecular complexity index is 1320. The molecule has 35 heavy (non-hydrogen) atoms. The van der Waals surface area contributed by atoms with E-state index >= 15 is 0 Å². The monoisotopic (exact) mass is 473 g/mol. The molecule has 0 fully saturated rings. The van der Waals surface area contributed by atoms with Gasteiger partial charge in [-0.05, 0) is 50.8 Å². The van der Waals surface area contributed by atoms with E-state index in [0.717, 1.165) is 18.5 Å². The van der Waals surface area contributed by atoms with Gasteiger partial charge in [0.25, 0.3) is 5.91 Å². The molecule has 0 aliphatic heterocycles. The van der Waals surface area contributed by atoms with E-state index < -0.39 is 0 Å². The number of carbonyl (C=O) groups excluding carboxylic acids is 1. The zero-order chi connectivity index (χ0) is 24.6. The fraction of sp³-hybridized carbons (Fsp3) is 0.292. The highest BCUT2D eigenvalue weighted by Crippen LogP contribution is 2.24. The number of amides is 1. The summed E-state index contributed by atoms with van der Waals surface area (Å²) in [5.41, 5.74) is 2.11.